The number of hydrogen-bond donors (Lipinski definition) is 1. The molecule has 0 radical (unpaired) electrons. The topological polar surface area (TPSA) is 82.8 Å². The second-order valence-electron chi connectivity index (χ2n) is 2.33. The van der Waals surface area contributed by atoms with Gasteiger partial charge in [-0.15, -0.1) is 5.10 Å². The molecule has 0 aromatic carbocycles. The first-order valence-corrected chi connectivity index (χ1v) is 3.38. The van der Waals surface area contributed by atoms with Crippen molar-refractivity contribution < 1.29 is 4.52 Å². The van der Waals surface area contributed by atoms with Gasteiger partial charge in [-0.2, -0.15) is 0 Å². The summed E-state index contributed by atoms with van der Waals surface area (Å²) in [5, 5.41) is 7.46. The van der Waals surface area contributed by atoms with Crippen molar-refractivity contribution in [2.75, 3.05) is 5.73 Å². The molecule has 0 aliphatic heterocycles. The van der Waals surface area contributed by atoms with Crippen LogP contribution in [0.2, 0.25) is 0 Å². The highest BCUT2D eigenvalue weighted by Gasteiger charge is 1.99. The van der Waals surface area contributed by atoms with Crippen molar-refractivity contribution in [3.05, 3.63) is 24.4 Å². The summed E-state index contributed by atoms with van der Waals surface area (Å²) in [5.41, 5.74) is 6.26. The van der Waals surface area contributed by atoms with E-state index in [1.54, 1.807) is 23.5 Å². The standard InChI is InChI=1S/C6H7N5O/c7-6-8-4-11(10-6)2-5-1-9-12-3-5/h1,3-4H,2H2,(H2,7,10). The van der Waals surface area contributed by atoms with Gasteiger partial charge in [0.1, 0.15) is 12.6 Å². The highest BCUT2D eigenvalue weighted by molar-refractivity contribution is 5.10. The maximum absolute atomic E-state index is 5.33. The summed E-state index contributed by atoms with van der Waals surface area (Å²) in [6, 6.07) is 0. The number of hydrogen-bond acceptors (Lipinski definition) is 5. The van der Waals surface area contributed by atoms with E-state index in [9.17, 15) is 0 Å². The largest absolute Gasteiger partial charge is 0.367 e. The lowest BCUT2D eigenvalue weighted by Crippen LogP contribution is -1.99. The summed E-state index contributed by atoms with van der Waals surface area (Å²) in [7, 11) is 0. The zero-order valence-corrected chi connectivity index (χ0v) is 6.21. The first-order valence-electron chi connectivity index (χ1n) is 3.38. The monoisotopic (exact) mass is 165 g/mol. The van der Waals surface area contributed by atoms with Crippen LogP contribution in [0.15, 0.2) is 23.3 Å². The quantitative estimate of drug-likeness (QED) is 0.671. The molecule has 0 aliphatic carbocycles. The molecule has 0 unspecified atom stereocenters. The Morgan fingerprint density at radius 2 is 2.50 bits per heavy atom. The molecule has 12 heavy (non-hydrogen) atoms. The van der Waals surface area contributed by atoms with Gasteiger partial charge < -0.3 is 10.3 Å². The van der Waals surface area contributed by atoms with E-state index in [0.29, 0.717) is 6.54 Å². The first kappa shape index (κ1) is 6.84. The van der Waals surface area contributed by atoms with Crippen molar-refractivity contribution in [2.45, 2.75) is 6.54 Å². The predicted molar refractivity (Wildman–Crippen MR) is 40.0 cm³/mol. The fraction of sp³-hybridized carbons (Fsp3) is 0.167. The van der Waals surface area contributed by atoms with Gasteiger partial charge in [0.05, 0.1) is 12.7 Å². The summed E-state index contributed by atoms with van der Waals surface area (Å²) >= 11 is 0. The van der Waals surface area contributed by atoms with Crippen LogP contribution in [0, 0.1) is 0 Å². The third kappa shape index (κ3) is 1.26. The van der Waals surface area contributed by atoms with E-state index in [1.807, 2.05) is 0 Å². The first-order chi connectivity index (χ1) is 5.84. The molecule has 2 rings (SSSR count). The van der Waals surface area contributed by atoms with Crippen LogP contribution in [-0.2, 0) is 6.54 Å². The number of nitrogens with zero attached hydrogens (tertiary/aromatic N) is 4. The van der Waals surface area contributed by atoms with Gasteiger partial charge in [-0.25, -0.2) is 9.67 Å². The molecule has 2 aromatic heterocycles. The van der Waals surface area contributed by atoms with Crippen LogP contribution in [0.3, 0.4) is 0 Å². The fourth-order valence-electron chi connectivity index (χ4n) is 0.877. The van der Waals surface area contributed by atoms with E-state index in [-0.39, 0.29) is 5.95 Å². The molecule has 2 N–H and O–H groups in total. The van der Waals surface area contributed by atoms with Gasteiger partial charge in [-0.1, -0.05) is 5.16 Å². The second kappa shape index (κ2) is 2.65. The molecule has 2 heterocycles. The number of anilines is 1. The van der Waals surface area contributed by atoms with Crippen LogP contribution in [-0.4, -0.2) is 19.9 Å². The Morgan fingerprint density at radius 1 is 1.58 bits per heavy atom. The molecular weight excluding hydrogens is 158 g/mol. The molecule has 0 saturated heterocycles. The molecule has 0 amide bonds. The van der Waals surface area contributed by atoms with Gasteiger partial charge in [0.15, 0.2) is 0 Å². The molecule has 0 aliphatic rings. The summed E-state index contributed by atoms with van der Waals surface area (Å²) in [5.74, 6) is 0.270. The molecule has 0 bridgehead atoms. The second-order valence-corrected chi connectivity index (χ2v) is 2.33. The summed E-state index contributed by atoms with van der Waals surface area (Å²) < 4.78 is 6.26. The third-order valence-electron chi connectivity index (χ3n) is 1.38. The zero-order valence-electron chi connectivity index (χ0n) is 6.21. The van der Waals surface area contributed by atoms with Crippen molar-refractivity contribution >= 4 is 5.95 Å². The lowest BCUT2D eigenvalue weighted by molar-refractivity contribution is 0.418. The third-order valence-corrected chi connectivity index (χ3v) is 1.38. The molecule has 2 aromatic rings. The van der Waals surface area contributed by atoms with E-state index >= 15 is 0 Å². The van der Waals surface area contributed by atoms with Crippen LogP contribution in [0.1, 0.15) is 5.56 Å². The molecule has 6 nitrogen and oxygen atoms in total. The Hall–Kier alpha value is -1.85. The molecule has 62 valence electrons. The Kier molecular flexibility index (Phi) is 1.51. The number of nitrogens with two attached hydrogens (primary N) is 1. The van der Waals surface area contributed by atoms with Crippen LogP contribution in [0.5, 0.6) is 0 Å². The van der Waals surface area contributed by atoms with Crippen molar-refractivity contribution in [3.8, 4) is 0 Å². The fourth-order valence-corrected chi connectivity index (χ4v) is 0.877. The van der Waals surface area contributed by atoms with Crippen molar-refractivity contribution in [2.24, 2.45) is 0 Å². The normalized spacial score (nSPS) is 10.3. The highest BCUT2D eigenvalue weighted by Crippen LogP contribution is 1.99. The summed E-state index contributed by atoms with van der Waals surface area (Å²) in [6.45, 7) is 0.577. The maximum atomic E-state index is 5.33. The minimum atomic E-state index is 0.270. The number of nitrogen functional groups attached to an aromatic ring is 1. The Morgan fingerprint density at radius 3 is 3.08 bits per heavy atom. The molecule has 0 saturated carbocycles. The molecule has 0 spiro atoms. The predicted octanol–water partition coefficient (Wildman–Crippen LogP) is -0.103. The average Bonchev–Trinajstić information content (AvgIpc) is 2.63. The lowest BCUT2D eigenvalue weighted by atomic mass is 10.4. The van der Waals surface area contributed by atoms with E-state index in [2.05, 4.69) is 19.8 Å². The van der Waals surface area contributed by atoms with Gasteiger partial charge in [-0.05, 0) is 0 Å². The zero-order chi connectivity index (χ0) is 8.39. The van der Waals surface area contributed by atoms with Crippen LogP contribution >= 0.6 is 0 Å². The smallest absolute Gasteiger partial charge is 0.239 e. The van der Waals surface area contributed by atoms with Crippen LogP contribution < -0.4 is 5.73 Å². The summed E-state index contributed by atoms with van der Waals surface area (Å²) in [4.78, 5) is 3.78. The van der Waals surface area contributed by atoms with Gasteiger partial charge in [0, 0.05) is 5.56 Å². The molecule has 0 atom stereocenters. The van der Waals surface area contributed by atoms with Crippen molar-refractivity contribution in [1.29, 1.82) is 0 Å². The van der Waals surface area contributed by atoms with E-state index in [1.165, 1.54) is 0 Å². The van der Waals surface area contributed by atoms with E-state index < -0.39 is 0 Å². The lowest BCUT2D eigenvalue weighted by Gasteiger charge is -1.93. The van der Waals surface area contributed by atoms with Crippen molar-refractivity contribution in [3.63, 3.8) is 0 Å². The van der Waals surface area contributed by atoms with Gasteiger partial charge in [0.2, 0.25) is 5.95 Å². The van der Waals surface area contributed by atoms with Crippen LogP contribution in [0.25, 0.3) is 0 Å². The highest BCUT2D eigenvalue weighted by atomic mass is 16.5. The Bertz CT molecular complexity index is 352. The Labute approximate surface area is 68.0 Å². The van der Waals surface area contributed by atoms with Gasteiger partial charge in [0.25, 0.3) is 0 Å². The summed E-state index contributed by atoms with van der Waals surface area (Å²) in [6.07, 6.45) is 4.73. The minimum Gasteiger partial charge on any atom is -0.367 e. The van der Waals surface area contributed by atoms with Crippen LogP contribution in [0.4, 0.5) is 5.95 Å². The maximum Gasteiger partial charge on any atom is 0.239 e. The van der Waals surface area contributed by atoms with E-state index in [4.69, 9.17) is 5.73 Å². The SMILES string of the molecule is Nc1ncn(Cc2cnoc2)n1. The molecule has 0 fully saturated rings. The van der Waals surface area contributed by atoms with Crippen molar-refractivity contribution in [1.82, 2.24) is 19.9 Å². The van der Waals surface area contributed by atoms with Gasteiger partial charge >= 0.3 is 0 Å². The molecular formula is C6H7N5O. The molecule has 6 heteroatoms. The number of rotatable bonds is 2. The Balaban J connectivity index is 2.14. The van der Waals surface area contributed by atoms with Gasteiger partial charge in [-0.3, -0.25) is 0 Å². The number of aromatic nitrogens is 4. The average molecular weight is 165 g/mol. The van der Waals surface area contributed by atoms with E-state index in [0.717, 1.165) is 5.56 Å². The minimum absolute atomic E-state index is 0.270.